The van der Waals surface area contributed by atoms with E-state index in [-0.39, 0.29) is 77.3 Å². The van der Waals surface area contributed by atoms with Crippen molar-refractivity contribution in [2.45, 2.75) is 0 Å². The number of rotatable bonds is 0. The van der Waals surface area contributed by atoms with Crippen LogP contribution < -0.4 is 24.6 Å². The summed E-state index contributed by atoms with van der Waals surface area (Å²) in [5, 5.41) is 0. The Balaban J connectivity index is 0. The first-order chi connectivity index (χ1) is 0. The van der Waals surface area contributed by atoms with Crippen molar-refractivity contribution in [2.24, 2.45) is 0 Å². The molecule has 16 N–H and O–H groups in total. The van der Waals surface area contributed by atoms with Crippen LogP contribution in [0.1, 0.15) is 0 Å². The summed E-state index contributed by atoms with van der Waals surface area (Å²) in [5.74, 6) is 0. The average Bonchev–Trinajstić information content (AvgIpc) is 0. The van der Waals surface area contributed by atoms with Crippen molar-refractivity contribution in [3.63, 3.8) is 0 Å². The van der Waals surface area contributed by atoms with Crippen LogP contribution in [0.3, 0.4) is 0 Å². The Morgan fingerprint density at radius 1 is 0.429 bits per heavy atom. The smallest absolute Gasteiger partial charge is 0 e. The Bertz CT molecular complexity index is 9.65. The minimum absolute atomic E-state index is 0. The van der Waals surface area contributed by atoms with Gasteiger partial charge in [-0.1, -0.05) is 0 Å². The Morgan fingerprint density at radius 3 is 0.429 bits per heavy atom. The maximum absolute atomic E-state index is 0. The molecule has 7 heavy (non-hydrogen) atoms. The van der Waals surface area contributed by atoms with Gasteiger partial charge in [0.15, 0.2) is 0 Å². The molecule has 0 saturated carbocycles. The van der Waals surface area contributed by atoms with Crippen LogP contribution in [0.25, 0.3) is 0 Å². The van der Waals surface area contributed by atoms with Crippen molar-refractivity contribution >= 4 is 0 Å². The molecule has 0 unspecified atom stereocenters. The monoisotopic (exact) mass is 244 g/mol. The first-order valence-electron chi connectivity index (χ1n) is 0. The van der Waals surface area contributed by atoms with Crippen molar-refractivity contribution in [1.82, 2.24) is 24.6 Å². The average molecular weight is 244 g/mol. The molecule has 0 bridgehead atoms. The normalized spacial score (nSPS) is 0. The van der Waals surface area contributed by atoms with Crippen LogP contribution in [-0.2, 0) is 0 Å². The van der Waals surface area contributed by atoms with Gasteiger partial charge >= 0.3 is 0 Å². The second-order valence-corrected chi connectivity index (χ2v) is 0. The molecule has 0 atom stereocenters. The zero-order valence-electron chi connectivity index (χ0n) is 4.33. The van der Waals surface area contributed by atoms with Gasteiger partial charge in [-0.25, -0.2) is 0 Å². The van der Waals surface area contributed by atoms with Crippen LogP contribution in [0.4, 0.5) is 0 Å². The van der Waals surface area contributed by atoms with E-state index in [1.54, 1.807) is 0 Å². The second-order valence-electron chi connectivity index (χ2n) is 0. The van der Waals surface area contributed by atoms with Crippen molar-refractivity contribution in [3.8, 4) is 0 Å². The van der Waals surface area contributed by atoms with Crippen LogP contribution in [0, 0.1) is 41.7 Å². The molecule has 0 aliphatic rings. The predicted molar refractivity (Wildman–Crippen MR) is 27.3 cm³/mol. The molecule has 0 fully saturated rings. The zero-order chi connectivity index (χ0) is 0. The first-order valence-corrected chi connectivity index (χ1v) is 0. The van der Waals surface area contributed by atoms with E-state index in [0.717, 1.165) is 0 Å². The molecule has 0 radical (unpaired) electrons. The summed E-state index contributed by atoms with van der Waals surface area (Å²) in [6.45, 7) is 0. The van der Waals surface area contributed by atoms with Gasteiger partial charge in [0.1, 0.15) is 0 Å². The maximum Gasteiger partial charge on any atom is 0 e. The van der Waals surface area contributed by atoms with E-state index < -0.39 is 0 Å². The third kappa shape index (κ3) is 146. The van der Waals surface area contributed by atoms with Gasteiger partial charge in [-0.3, -0.25) is 0 Å². The summed E-state index contributed by atoms with van der Waals surface area (Å²) < 4.78 is 0. The fourth-order valence-corrected chi connectivity index (χ4v) is 0. The van der Waals surface area contributed by atoms with Gasteiger partial charge in [-0.2, -0.15) is 0 Å². The third-order valence-corrected chi connectivity index (χ3v) is 0. The van der Waals surface area contributed by atoms with Crippen molar-refractivity contribution in [3.05, 3.63) is 0 Å². The van der Waals surface area contributed by atoms with E-state index in [2.05, 4.69) is 0 Å². The molecule has 0 aliphatic carbocycles. The fourth-order valence-electron chi connectivity index (χ4n) is 0. The van der Waals surface area contributed by atoms with Crippen molar-refractivity contribution in [1.29, 1.82) is 0 Å². The second kappa shape index (κ2) is 208. The van der Waals surface area contributed by atoms with Gasteiger partial charge in [-0.05, 0) is 0 Å². The van der Waals surface area contributed by atoms with E-state index in [1.807, 2.05) is 0 Å². The van der Waals surface area contributed by atoms with Crippen molar-refractivity contribution in [2.75, 3.05) is 0 Å². The van der Waals surface area contributed by atoms with E-state index >= 15 is 0 Å². The number of hydrogen-bond donors (Lipinski definition) is 4. The van der Waals surface area contributed by atoms with E-state index in [1.165, 1.54) is 0 Å². The third-order valence-electron chi connectivity index (χ3n) is 0. The molecule has 0 aromatic heterocycles. The molecule has 0 aliphatic heterocycles. The van der Waals surface area contributed by atoms with Crippen LogP contribution >= 0.6 is 0 Å². The predicted octanol–water partition coefficient (Wildman–Crippen LogP) is -1.00. The SMILES string of the molecule is N.N.N.N.O.O.[Ce]. The van der Waals surface area contributed by atoms with Gasteiger partial charge in [0.25, 0.3) is 0 Å². The summed E-state index contributed by atoms with van der Waals surface area (Å²) >= 11 is 0. The standard InChI is InChI=1S/Ce.4H3N.2H2O/h;4*1H3;2*1H2. The van der Waals surface area contributed by atoms with Crippen molar-refractivity contribution < 1.29 is 52.7 Å². The summed E-state index contributed by atoms with van der Waals surface area (Å²) in [4.78, 5) is 0. The molecule has 0 rings (SSSR count). The minimum Gasteiger partial charge on any atom is -0.412 e. The van der Waals surface area contributed by atoms with Gasteiger partial charge in [0, 0.05) is 41.7 Å². The Hall–Kier alpha value is 1.14. The molecule has 6 nitrogen and oxygen atoms in total. The quantitative estimate of drug-likeness (QED) is 0.423. The van der Waals surface area contributed by atoms with Crippen LogP contribution in [0.15, 0.2) is 0 Å². The first kappa shape index (κ1) is 321. The molecule has 0 heterocycles. The molecule has 52 valence electrons. The molecule has 0 spiro atoms. The summed E-state index contributed by atoms with van der Waals surface area (Å²) in [6.07, 6.45) is 0. The minimum atomic E-state index is 0. The largest absolute Gasteiger partial charge is 0.412 e. The van der Waals surface area contributed by atoms with Gasteiger partial charge < -0.3 is 35.6 Å². The Morgan fingerprint density at radius 2 is 0.429 bits per heavy atom. The van der Waals surface area contributed by atoms with Gasteiger partial charge in [0.05, 0.1) is 0 Å². The molecule has 7 heteroatoms. The summed E-state index contributed by atoms with van der Waals surface area (Å²) in [5.41, 5.74) is 0. The van der Waals surface area contributed by atoms with Crippen LogP contribution in [0.2, 0.25) is 0 Å². The molecular weight excluding hydrogens is 228 g/mol. The van der Waals surface area contributed by atoms with E-state index in [4.69, 9.17) is 0 Å². The molecule has 0 aromatic rings. The summed E-state index contributed by atoms with van der Waals surface area (Å²) in [7, 11) is 0. The fraction of sp³-hybridized carbons (Fsp3) is 0. The van der Waals surface area contributed by atoms with E-state index in [0.29, 0.717) is 0 Å². The van der Waals surface area contributed by atoms with Crippen LogP contribution in [0.5, 0.6) is 0 Å². The van der Waals surface area contributed by atoms with Crippen LogP contribution in [-0.4, -0.2) is 11.0 Å². The summed E-state index contributed by atoms with van der Waals surface area (Å²) in [6, 6.07) is 0. The Kier molecular flexibility index (Phi) is 9530. The van der Waals surface area contributed by atoms with E-state index in [9.17, 15) is 0 Å². The Labute approximate surface area is 76.8 Å². The topological polar surface area (TPSA) is 203 Å². The zero-order valence-corrected chi connectivity index (χ0v) is 7.47. The maximum atomic E-state index is 0. The molecular formula is H16CeN4O2. The molecule has 0 amide bonds. The number of hydrogen-bond acceptors (Lipinski definition) is 4. The molecule has 0 aromatic carbocycles. The molecule has 0 saturated heterocycles. The van der Waals surface area contributed by atoms with Gasteiger partial charge in [-0.15, -0.1) is 0 Å². The van der Waals surface area contributed by atoms with Gasteiger partial charge in [0.2, 0.25) is 0 Å².